The van der Waals surface area contributed by atoms with E-state index in [1.807, 2.05) is 29.2 Å². The summed E-state index contributed by atoms with van der Waals surface area (Å²) >= 11 is 12.1. The van der Waals surface area contributed by atoms with E-state index in [9.17, 15) is 9.59 Å². The first-order valence-corrected chi connectivity index (χ1v) is 9.58. The molecule has 0 aromatic heterocycles. The fourth-order valence-electron chi connectivity index (χ4n) is 3.00. The zero-order chi connectivity index (χ0) is 19.2. The Hall–Kier alpha value is -2.30. The number of carbonyl (C=O) groups is 2. The van der Waals surface area contributed by atoms with E-state index in [-0.39, 0.29) is 11.8 Å². The summed E-state index contributed by atoms with van der Waals surface area (Å²) in [5.74, 6) is -0.0748. The molecule has 0 aliphatic carbocycles. The molecule has 1 saturated heterocycles. The lowest BCUT2D eigenvalue weighted by Crippen LogP contribution is -2.34. The number of anilines is 1. The molecule has 1 aliphatic heterocycles. The molecular formula is C21H20Cl2N2O2. The number of hydrogen-bond acceptors (Lipinski definition) is 2. The highest BCUT2D eigenvalue weighted by Gasteiger charge is 2.18. The molecule has 0 spiro atoms. The molecule has 0 radical (unpaired) electrons. The van der Waals surface area contributed by atoms with E-state index in [2.05, 4.69) is 5.32 Å². The maximum Gasteiger partial charge on any atom is 0.248 e. The summed E-state index contributed by atoms with van der Waals surface area (Å²) < 4.78 is 0. The van der Waals surface area contributed by atoms with Crippen LogP contribution < -0.4 is 5.32 Å². The zero-order valence-corrected chi connectivity index (χ0v) is 16.3. The molecule has 6 heteroatoms. The number of rotatable bonds is 5. The minimum absolute atomic E-state index is 0.192. The summed E-state index contributed by atoms with van der Waals surface area (Å²) in [4.78, 5) is 26.0. The Balaban J connectivity index is 1.63. The second-order valence-corrected chi connectivity index (χ2v) is 7.22. The van der Waals surface area contributed by atoms with Crippen molar-refractivity contribution in [3.8, 4) is 0 Å². The molecule has 2 aromatic rings. The Morgan fingerprint density at radius 3 is 2.78 bits per heavy atom. The van der Waals surface area contributed by atoms with Crippen LogP contribution in [0.1, 0.15) is 30.4 Å². The summed E-state index contributed by atoms with van der Waals surface area (Å²) in [5, 5.41) is 3.69. The van der Waals surface area contributed by atoms with Crippen molar-refractivity contribution >= 4 is 46.8 Å². The van der Waals surface area contributed by atoms with Crippen LogP contribution in [-0.4, -0.2) is 23.3 Å². The number of carbonyl (C=O) groups excluding carboxylic acids is 2. The van der Waals surface area contributed by atoms with Crippen molar-refractivity contribution in [2.45, 2.75) is 25.8 Å². The molecule has 27 heavy (non-hydrogen) atoms. The lowest BCUT2D eigenvalue weighted by atomic mass is 10.1. The molecule has 1 aliphatic rings. The van der Waals surface area contributed by atoms with Gasteiger partial charge in [-0.25, -0.2) is 0 Å². The van der Waals surface area contributed by atoms with Gasteiger partial charge in [-0.1, -0.05) is 47.5 Å². The standard InChI is InChI=1S/C21H20Cl2N2O2/c22-18-8-4-6-16(21(18)23)10-11-19(26)24-17-7-3-5-15(13-17)14-25-12-2-1-9-20(25)27/h3-8,10-11,13H,1-2,9,12,14H2,(H,24,26)/b11-10+. The predicted octanol–water partition coefficient (Wildman–Crippen LogP) is 5.16. The van der Waals surface area contributed by atoms with Crippen LogP contribution in [-0.2, 0) is 16.1 Å². The molecule has 0 bridgehead atoms. The summed E-state index contributed by atoms with van der Waals surface area (Å²) in [6.07, 6.45) is 5.67. The van der Waals surface area contributed by atoms with Gasteiger partial charge in [0.2, 0.25) is 11.8 Å². The number of nitrogens with zero attached hydrogens (tertiary/aromatic N) is 1. The average Bonchev–Trinajstić information content (AvgIpc) is 2.65. The Morgan fingerprint density at radius 2 is 1.96 bits per heavy atom. The predicted molar refractivity (Wildman–Crippen MR) is 110 cm³/mol. The third-order valence-electron chi connectivity index (χ3n) is 4.39. The average molecular weight is 403 g/mol. The number of nitrogens with one attached hydrogen (secondary N) is 1. The van der Waals surface area contributed by atoms with Gasteiger partial charge in [-0.2, -0.15) is 0 Å². The normalized spacial score (nSPS) is 14.6. The van der Waals surface area contributed by atoms with Gasteiger partial charge in [0.15, 0.2) is 0 Å². The fraction of sp³-hybridized carbons (Fsp3) is 0.238. The van der Waals surface area contributed by atoms with E-state index in [0.717, 1.165) is 24.9 Å². The quantitative estimate of drug-likeness (QED) is 0.702. The van der Waals surface area contributed by atoms with Crippen molar-refractivity contribution in [3.63, 3.8) is 0 Å². The highest BCUT2D eigenvalue weighted by atomic mass is 35.5. The molecule has 0 unspecified atom stereocenters. The van der Waals surface area contributed by atoms with Crippen molar-refractivity contribution < 1.29 is 9.59 Å². The van der Waals surface area contributed by atoms with Gasteiger partial charge in [-0.15, -0.1) is 0 Å². The van der Waals surface area contributed by atoms with E-state index in [1.165, 1.54) is 6.08 Å². The van der Waals surface area contributed by atoms with E-state index in [1.54, 1.807) is 24.3 Å². The molecule has 4 nitrogen and oxygen atoms in total. The number of halogens is 2. The Morgan fingerprint density at radius 1 is 1.15 bits per heavy atom. The summed E-state index contributed by atoms with van der Waals surface area (Å²) in [7, 11) is 0. The Kier molecular flexibility index (Phi) is 6.54. The lowest BCUT2D eigenvalue weighted by molar-refractivity contribution is -0.133. The number of amides is 2. The lowest BCUT2D eigenvalue weighted by Gasteiger charge is -2.26. The maximum atomic E-state index is 12.2. The highest BCUT2D eigenvalue weighted by molar-refractivity contribution is 6.42. The largest absolute Gasteiger partial charge is 0.338 e. The fourth-order valence-corrected chi connectivity index (χ4v) is 3.37. The van der Waals surface area contributed by atoms with E-state index < -0.39 is 0 Å². The molecular weight excluding hydrogens is 383 g/mol. The topological polar surface area (TPSA) is 49.4 Å². The number of piperidine rings is 1. The van der Waals surface area contributed by atoms with Gasteiger partial charge in [0, 0.05) is 31.3 Å². The van der Waals surface area contributed by atoms with Crippen LogP contribution in [0.2, 0.25) is 10.0 Å². The van der Waals surface area contributed by atoms with Gasteiger partial charge >= 0.3 is 0 Å². The van der Waals surface area contributed by atoms with Crippen molar-refractivity contribution in [1.82, 2.24) is 4.90 Å². The number of hydrogen-bond donors (Lipinski definition) is 1. The van der Waals surface area contributed by atoms with Gasteiger partial charge in [-0.05, 0) is 48.2 Å². The molecule has 1 fully saturated rings. The van der Waals surface area contributed by atoms with Gasteiger partial charge in [0.05, 0.1) is 10.0 Å². The monoisotopic (exact) mass is 402 g/mol. The molecule has 2 aromatic carbocycles. The first kappa shape index (κ1) is 19.5. The second-order valence-electron chi connectivity index (χ2n) is 6.44. The molecule has 1 heterocycles. The molecule has 3 rings (SSSR count). The minimum atomic E-state index is -0.266. The van der Waals surface area contributed by atoms with Crippen LogP contribution in [0.3, 0.4) is 0 Å². The smallest absolute Gasteiger partial charge is 0.248 e. The van der Waals surface area contributed by atoms with Gasteiger partial charge < -0.3 is 10.2 Å². The van der Waals surface area contributed by atoms with Gasteiger partial charge in [0.1, 0.15) is 0 Å². The van der Waals surface area contributed by atoms with Crippen LogP contribution in [0.4, 0.5) is 5.69 Å². The molecule has 0 saturated carbocycles. The molecule has 1 N–H and O–H groups in total. The van der Waals surface area contributed by atoms with Crippen LogP contribution in [0.15, 0.2) is 48.5 Å². The van der Waals surface area contributed by atoms with Gasteiger partial charge in [0.25, 0.3) is 0 Å². The number of likely N-dealkylation sites (tertiary alicyclic amines) is 1. The Bertz CT molecular complexity index is 880. The molecule has 0 atom stereocenters. The summed E-state index contributed by atoms with van der Waals surface area (Å²) in [5.41, 5.74) is 2.35. The first-order valence-electron chi connectivity index (χ1n) is 8.83. The molecule has 2 amide bonds. The maximum absolute atomic E-state index is 12.2. The van der Waals surface area contributed by atoms with Crippen molar-refractivity contribution in [3.05, 3.63) is 69.7 Å². The van der Waals surface area contributed by atoms with Gasteiger partial charge in [-0.3, -0.25) is 9.59 Å². The van der Waals surface area contributed by atoms with E-state index >= 15 is 0 Å². The Labute approximate surface area is 168 Å². The van der Waals surface area contributed by atoms with Crippen molar-refractivity contribution in [2.24, 2.45) is 0 Å². The number of benzene rings is 2. The van der Waals surface area contributed by atoms with Crippen LogP contribution in [0, 0.1) is 0 Å². The first-order chi connectivity index (χ1) is 13.0. The summed E-state index contributed by atoms with van der Waals surface area (Å²) in [6, 6.07) is 12.8. The zero-order valence-electron chi connectivity index (χ0n) is 14.8. The third-order valence-corrected chi connectivity index (χ3v) is 5.22. The van der Waals surface area contributed by atoms with E-state index in [4.69, 9.17) is 23.2 Å². The SMILES string of the molecule is O=C(/C=C/c1cccc(Cl)c1Cl)Nc1cccc(CN2CCCCC2=O)c1. The second kappa shape index (κ2) is 9.07. The van der Waals surface area contributed by atoms with Crippen LogP contribution in [0.25, 0.3) is 6.08 Å². The van der Waals surface area contributed by atoms with Crippen LogP contribution >= 0.6 is 23.2 Å². The van der Waals surface area contributed by atoms with Crippen LogP contribution in [0.5, 0.6) is 0 Å². The summed E-state index contributed by atoms with van der Waals surface area (Å²) in [6.45, 7) is 1.36. The van der Waals surface area contributed by atoms with Crippen molar-refractivity contribution in [2.75, 3.05) is 11.9 Å². The van der Waals surface area contributed by atoms with E-state index in [0.29, 0.717) is 34.3 Å². The highest BCUT2D eigenvalue weighted by Crippen LogP contribution is 2.26. The van der Waals surface area contributed by atoms with Crippen molar-refractivity contribution in [1.29, 1.82) is 0 Å². The third kappa shape index (κ3) is 5.34. The minimum Gasteiger partial charge on any atom is -0.338 e. The molecule has 140 valence electrons.